The summed E-state index contributed by atoms with van der Waals surface area (Å²) in [6.07, 6.45) is -1.78. The van der Waals surface area contributed by atoms with Crippen LogP contribution in [-0.4, -0.2) is 19.8 Å². The van der Waals surface area contributed by atoms with Gasteiger partial charge in [-0.05, 0) is 31.5 Å². The third-order valence-electron chi connectivity index (χ3n) is 2.47. The smallest absolute Gasteiger partial charge is 0.265 e. The van der Waals surface area contributed by atoms with Gasteiger partial charge in [0.05, 0.1) is 0 Å². The Morgan fingerprint density at radius 2 is 2.12 bits per heavy atom. The molecular weight excluding hydrogens is 226 g/mol. The van der Waals surface area contributed by atoms with Gasteiger partial charge >= 0.3 is 0 Å². The number of rotatable bonds is 6. The number of anilines is 2. The van der Waals surface area contributed by atoms with E-state index in [0.29, 0.717) is 18.0 Å². The summed E-state index contributed by atoms with van der Waals surface area (Å²) in [5.74, 6) is 0. The van der Waals surface area contributed by atoms with Gasteiger partial charge in [-0.2, -0.15) is 0 Å². The van der Waals surface area contributed by atoms with E-state index in [1.807, 2.05) is 6.92 Å². The zero-order chi connectivity index (χ0) is 12.8. The van der Waals surface area contributed by atoms with E-state index in [0.717, 1.165) is 6.42 Å². The molecule has 0 saturated carbocycles. The van der Waals surface area contributed by atoms with Gasteiger partial charge in [-0.1, -0.05) is 0 Å². The summed E-state index contributed by atoms with van der Waals surface area (Å²) >= 11 is 0. The normalized spacial score (nSPS) is 12.8. The van der Waals surface area contributed by atoms with Gasteiger partial charge < -0.3 is 15.8 Å². The third-order valence-corrected chi connectivity index (χ3v) is 2.47. The molecule has 1 aromatic carbocycles. The zero-order valence-electron chi connectivity index (χ0n) is 10.0. The van der Waals surface area contributed by atoms with Crippen molar-refractivity contribution in [2.75, 3.05) is 24.8 Å². The van der Waals surface area contributed by atoms with E-state index >= 15 is 0 Å². The van der Waals surface area contributed by atoms with Crippen LogP contribution in [0.5, 0.6) is 0 Å². The molecule has 0 spiro atoms. The van der Waals surface area contributed by atoms with E-state index in [2.05, 4.69) is 5.32 Å². The van der Waals surface area contributed by atoms with Crippen molar-refractivity contribution >= 4 is 11.4 Å². The first-order valence-corrected chi connectivity index (χ1v) is 5.47. The van der Waals surface area contributed by atoms with Crippen molar-refractivity contribution in [2.45, 2.75) is 25.8 Å². The largest absolute Gasteiger partial charge is 0.399 e. The first-order chi connectivity index (χ1) is 8.04. The molecule has 3 nitrogen and oxygen atoms in total. The predicted molar refractivity (Wildman–Crippen MR) is 65.4 cm³/mol. The van der Waals surface area contributed by atoms with Gasteiger partial charge in [-0.25, -0.2) is 8.78 Å². The van der Waals surface area contributed by atoms with E-state index in [1.54, 1.807) is 19.2 Å². The lowest BCUT2D eigenvalue weighted by molar-refractivity contribution is 0.152. The Bertz CT molecular complexity index is 358. The van der Waals surface area contributed by atoms with Gasteiger partial charge in [0, 0.05) is 36.7 Å². The molecule has 0 heterocycles. The molecule has 3 N–H and O–H groups in total. The molecule has 0 aliphatic heterocycles. The lowest BCUT2D eigenvalue weighted by Gasteiger charge is -2.18. The Morgan fingerprint density at radius 3 is 2.71 bits per heavy atom. The predicted octanol–water partition coefficient (Wildman–Crippen LogP) is 3.04. The number of hydrogen-bond acceptors (Lipinski definition) is 3. The highest BCUT2D eigenvalue weighted by Crippen LogP contribution is 2.29. The quantitative estimate of drug-likeness (QED) is 0.756. The molecule has 17 heavy (non-hydrogen) atoms. The lowest BCUT2D eigenvalue weighted by Crippen LogP contribution is -2.18. The van der Waals surface area contributed by atoms with Crippen LogP contribution in [0.25, 0.3) is 0 Å². The number of benzene rings is 1. The maximum atomic E-state index is 12.8. The van der Waals surface area contributed by atoms with Crippen molar-refractivity contribution in [3.63, 3.8) is 0 Å². The van der Waals surface area contributed by atoms with Crippen LogP contribution in [0, 0.1) is 0 Å². The van der Waals surface area contributed by atoms with Crippen molar-refractivity contribution in [2.24, 2.45) is 0 Å². The van der Waals surface area contributed by atoms with Crippen LogP contribution in [-0.2, 0) is 4.74 Å². The fourth-order valence-electron chi connectivity index (χ4n) is 1.53. The Labute approximate surface area is 100.0 Å². The molecule has 1 atom stereocenters. The minimum atomic E-state index is -2.53. The van der Waals surface area contributed by atoms with Gasteiger partial charge in [0.15, 0.2) is 0 Å². The van der Waals surface area contributed by atoms with Crippen LogP contribution in [0.15, 0.2) is 18.2 Å². The Hall–Kier alpha value is -1.36. The molecule has 0 fully saturated rings. The Kier molecular flexibility index (Phi) is 5.15. The van der Waals surface area contributed by atoms with E-state index < -0.39 is 6.43 Å². The summed E-state index contributed by atoms with van der Waals surface area (Å²) in [6, 6.07) is 4.56. The van der Waals surface area contributed by atoms with E-state index in [1.165, 1.54) is 6.07 Å². The standard InChI is InChI=1S/C12H18F2N2O/c1-8(5-6-17-2)16-11-4-3-9(15)7-10(11)12(13)14/h3-4,7-8,12,16H,5-6,15H2,1-2H3. The summed E-state index contributed by atoms with van der Waals surface area (Å²) in [4.78, 5) is 0. The summed E-state index contributed by atoms with van der Waals surface area (Å²) in [5.41, 5.74) is 6.21. The minimum absolute atomic E-state index is 0.0609. The van der Waals surface area contributed by atoms with Gasteiger partial charge in [0.2, 0.25) is 0 Å². The number of nitrogens with two attached hydrogens (primary N) is 1. The highest BCUT2D eigenvalue weighted by Gasteiger charge is 2.14. The molecule has 1 rings (SSSR count). The van der Waals surface area contributed by atoms with Crippen LogP contribution in [0.4, 0.5) is 20.2 Å². The maximum Gasteiger partial charge on any atom is 0.265 e. The lowest BCUT2D eigenvalue weighted by atomic mass is 10.1. The Morgan fingerprint density at radius 1 is 1.41 bits per heavy atom. The van der Waals surface area contributed by atoms with E-state index in [4.69, 9.17) is 10.5 Å². The number of alkyl halides is 2. The summed E-state index contributed by atoms with van der Waals surface area (Å²) in [7, 11) is 1.61. The average molecular weight is 244 g/mol. The summed E-state index contributed by atoms with van der Waals surface area (Å²) in [6.45, 7) is 2.51. The van der Waals surface area contributed by atoms with Crippen molar-refractivity contribution in [1.82, 2.24) is 0 Å². The van der Waals surface area contributed by atoms with E-state index in [9.17, 15) is 8.78 Å². The second kappa shape index (κ2) is 6.39. The summed E-state index contributed by atoms with van der Waals surface area (Å²) in [5, 5.41) is 3.04. The molecule has 5 heteroatoms. The first kappa shape index (κ1) is 13.7. The third kappa shape index (κ3) is 4.19. The molecule has 1 aromatic rings. The summed E-state index contributed by atoms with van der Waals surface area (Å²) < 4.78 is 30.5. The van der Waals surface area contributed by atoms with Crippen molar-refractivity contribution in [3.05, 3.63) is 23.8 Å². The molecule has 0 saturated heterocycles. The zero-order valence-corrected chi connectivity index (χ0v) is 10.0. The van der Waals surface area contributed by atoms with E-state index in [-0.39, 0.29) is 11.6 Å². The number of nitrogen functional groups attached to an aromatic ring is 1. The van der Waals surface area contributed by atoms with Gasteiger partial charge in [-0.15, -0.1) is 0 Å². The fraction of sp³-hybridized carbons (Fsp3) is 0.500. The fourth-order valence-corrected chi connectivity index (χ4v) is 1.53. The molecule has 0 aromatic heterocycles. The maximum absolute atomic E-state index is 12.8. The number of methoxy groups -OCH3 is 1. The highest BCUT2D eigenvalue weighted by molar-refractivity contribution is 5.59. The van der Waals surface area contributed by atoms with Crippen molar-refractivity contribution in [1.29, 1.82) is 0 Å². The van der Waals surface area contributed by atoms with Crippen LogP contribution in [0.3, 0.4) is 0 Å². The van der Waals surface area contributed by atoms with Gasteiger partial charge in [0.1, 0.15) is 0 Å². The highest BCUT2D eigenvalue weighted by atomic mass is 19.3. The monoisotopic (exact) mass is 244 g/mol. The van der Waals surface area contributed by atoms with Crippen LogP contribution < -0.4 is 11.1 Å². The van der Waals surface area contributed by atoms with Gasteiger partial charge in [0.25, 0.3) is 6.43 Å². The molecule has 0 radical (unpaired) electrons. The molecule has 0 bridgehead atoms. The molecule has 96 valence electrons. The number of nitrogens with one attached hydrogen (secondary N) is 1. The molecule has 0 aliphatic carbocycles. The van der Waals surface area contributed by atoms with Crippen molar-refractivity contribution < 1.29 is 13.5 Å². The molecule has 1 unspecified atom stereocenters. The second-order valence-electron chi connectivity index (χ2n) is 3.97. The minimum Gasteiger partial charge on any atom is -0.399 e. The second-order valence-corrected chi connectivity index (χ2v) is 3.97. The Balaban J connectivity index is 2.76. The van der Waals surface area contributed by atoms with Crippen molar-refractivity contribution in [3.8, 4) is 0 Å². The molecule has 0 amide bonds. The van der Waals surface area contributed by atoms with Gasteiger partial charge in [-0.3, -0.25) is 0 Å². The topological polar surface area (TPSA) is 47.3 Å². The number of hydrogen-bond donors (Lipinski definition) is 2. The average Bonchev–Trinajstić information content (AvgIpc) is 2.28. The first-order valence-electron chi connectivity index (χ1n) is 5.47. The molecule has 0 aliphatic rings. The number of ether oxygens (including phenoxy) is 1. The molecular formula is C12H18F2N2O. The SMILES string of the molecule is COCCC(C)Nc1ccc(N)cc1C(F)F. The number of halogens is 2. The van der Waals surface area contributed by atoms with Crippen LogP contribution >= 0.6 is 0 Å². The van der Waals surface area contributed by atoms with Crippen LogP contribution in [0.2, 0.25) is 0 Å². The van der Waals surface area contributed by atoms with Crippen LogP contribution in [0.1, 0.15) is 25.3 Å².